The number of hydrogen-bond acceptors (Lipinski definition) is 7. The van der Waals surface area contributed by atoms with E-state index in [2.05, 4.69) is 4.98 Å². The van der Waals surface area contributed by atoms with Crippen LogP contribution in [-0.2, 0) is 11.3 Å². The molecule has 3 aliphatic heterocycles. The molecule has 2 atom stereocenters. The van der Waals surface area contributed by atoms with Crippen LogP contribution in [-0.4, -0.2) is 56.6 Å². The van der Waals surface area contributed by atoms with Crippen molar-refractivity contribution in [2.45, 2.75) is 77.2 Å². The van der Waals surface area contributed by atoms with Crippen LogP contribution in [0.2, 0.25) is 5.02 Å². The Labute approximate surface area is 274 Å². The van der Waals surface area contributed by atoms with Gasteiger partial charge in [-0.15, -0.1) is 0 Å². The number of aliphatic hydroxyl groups is 1. The van der Waals surface area contributed by atoms with Gasteiger partial charge in [-0.1, -0.05) is 47.1 Å². The van der Waals surface area contributed by atoms with Gasteiger partial charge >= 0.3 is 12.3 Å². The molecule has 0 saturated carbocycles. The summed E-state index contributed by atoms with van der Waals surface area (Å²) in [6.45, 7) is 6.13. The molecule has 1 amide bonds. The van der Waals surface area contributed by atoms with E-state index in [1.807, 2.05) is 24.0 Å². The molecule has 2 saturated heterocycles. The molecule has 0 bridgehead atoms. The van der Waals surface area contributed by atoms with Gasteiger partial charge in [0.05, 0.1) is 23.5 Å². The van der Waals surface area contributed by atoms with E-state index in [0.717, 1.165) is 49.2 Å². The largest absolute Gasteiger partial charge is 0.447 e. The lowest BCUT2D eigenvalue weighted by atomic mass is 10.0. The SMILES string of the molecule is CC1=C(c2cc3nc(C)n(Cc4ccc(Cl)cc4)c(=O)c3cc2N)SC(C(C)(O)C(F)(F)F)=CCC1.O=C1OCC2CCCCN12. The predicted octanol–water partition coefficient (Wildman–Crippen LogP) is 7.44. The molecular weight excluding hydrogens is 641 g/mol. The predicted molar refractivity (Wildman–Crippen MR) is 176 cm³/mol. The summed E-state index contributed by atoms with van der Waals surface area (Å²) in [5, 5.41) is 11.2. The maximum atomic E-state index is 13.6. The Hall–Kier alpha value is -3.48. The highest BCUT2D eigenvalue weighted by molar-refractivity contribution is 8.11. The van der Waals surface area contributed by atoms with E-state index in [4.69, 9.17) is 22.1 Å². The van der Waals surface area contributed by atoms with Gasteiger partial charge in [-0.3, -0.25) is 9.36 Å². The van der Waals surface area contributed by atoms with Crippen molar-refractivity contribution >= 4 is 51.0 Å². The van der Waals surface area contributed by atoms with E-state index in [1.54, 1.807) is 25.1 Å². The molecule has 3 aliphatic rings. The average molecular weight is 677 g/mol. The molecule has 13 heteroatoms. The lowest BCUT2D eigenvalue weighted by Crippen LogP contribution is -2.43. The number of thioether (sulfide) groups is 1. The quantitative estimate of drug-likeness (QED) is 0.277. The second-order valence-electron chi connectivity index (χ2n) is 11.9. The van der Waals surface area contributed by atoms with E-state index in [-0.39, 0.29) is 22.2 Å². The molecule has 2 aromatic carbocycles. The van der Waals surface area contributed by atoms with Crippen LogP contribution < -0.4 is 11.3 Å². The Morgan fingerprint density at radius 3 is 2.54 bits per heavy atom. The number of ether oxygens (including phenoxy) is 1. The summed E-state index contributed by atoms with van der Waals surface area (Å²) < 4.78 is 47.1. The third kappa shape index (κ3) is 6.94. The van der Waals surface area contributed by atoms with Crippen molar-refractivity contribution in [3.63, 3.8) is 0 Å². The zero-order chi connectivity index (χ0) is 33.4. The van der Waals surface area contributed by atoms with Crippen molar-refractivity contribution in [3.05, 3.63) is 85.3 Å². The highest BCUT2D eigenvalue weighted by Crippen LogP contribution is 2.50. The number of benzene rings is 2. The molecule has 2 unspecified atom stereocenters. The molecule has 0 spiro atoms. The number of halogens is 4. The summed E-state index contributed by atoms with van der Waals surface area (Å²) in [5.74, 6) is 0.484. The molecule has 46 heavy (non-hydrogen) atoms. The lowest BCUT2D eigenvalue weighted by molar-refractivity contribution is -0.234. The number of aryl methyl sites for hydroxylation is 1. The van der Waals surface area contributed by atoms with Crippen molar-refractivity contribution in [2.75, 3.05) is 18.9 Å². The van der Waals surface area contributed by atoms with Crippen molar-refractivity contribution in [1.29, 1.82) is 0 Å². The molecule has 246 valence electrons. The highest BCUT2D eigenvalue weighted by atomic mass is 35.5. The van der Waals surface area contributed by atoms with Crippen molar-refractivity contribution in [2.24, 2.45) is 0 Å². The Balaban J connectivity index is 0.000000350. The number of anilines is 1. The van der Waals surface area contributed by atoms with Crippen LogP contribution >= 0.6 is 23.4 Å². The normalized spacial score (nSPS) is 19.9. The molecule has 6 rings (SSSR count). The van der Waals surface area contributed by atoms with Crippen molar-refractivity contribution in [3.8, 4) is 0 Å². The first-order valence-electron chi connectivity index (χ1n) is 15.0. The molecule has 3 N–H and O–H groups in total. The fourth-order valence-electron chi connectivity index (χ4n) is 5.71. The van der Waals surface area contributed by atoms with Gasteiger partial charge in [0.2, 0.25) is 0 Å². The Morgan fingerprint density at radius 2 is 1.87 bits per heavy atom. The number of piperidine rings is 1. The minimum atomic E-state index is -4.84. The van der Waals surface area contributed by atoms with Crippen LogP contribution in [0.1, 0.15) is 62.9 Å². The Morgan fingerprint density at radius 1 is 1.15 bits per heavy atom. The molecule has 3 aromatic rings. The summed E-state index contributed by atoms with van der Waals surface area (Å²) >= 11 is 6.81. The summed E-state index contributed by atoms with van der Waals surface area (Å²) in [7, 11) is 0. The molecule has 8 nitrogen and oxygen atoms in total. The maximum absolute atomic E-state index is 13.6. The lowest BCUT2D eigenvalue weighted by Gasteiger charge is -2.29. The highest BCUT2D eigenvalue weighted by Gasteiger charge is 2.53. The zero-order valence-electron chi connectivity index (χ0n) is 25.8. The molecule has 0 radical (unpaired) electrons. The molecule has 2 fully saturated rings. The van der Waals surface area contributed by atoms with Crippen LogP contribution in [0.25, 0.3) is 15.8 Å². The fraction of sp³-hybridized carbons (Fsp3) is 0.424. The van der Waals surface area contributed by atoms with Crippen molar-refractivity contribution < 1.29 is 27.8 Å². The third-order valence-electron chi connectivity index (χ3n) is 8.56. The second kappa shape index (κ2) is 13.3. The van der Waals surface area contributed by atoms with Gasteiger partial charge in [0, 0.05) is 32.6 Å². The first-order chi connectivity index (χ1) is 21.7. The molecule has 0 aliphatic carbocycles. The van der Waals surface area contributed by atoms with Gasteiger partial charge < -0.3 is 20.5 Å². The number of hydrogen-bond donors (Lipinski definition) is 2. The molecule has 4 heterocycles. The number of alkyl halides is 3. The maximum Gasteiger partial charge on any atom is 0.421 e. The Bertz CT molecular complexity index is 1770. The standard InChI is InChI=1S/C26H25ClF3N3O2S.C7H11NO2/c1-14-5-4-6-22(25(3,35)26(28,29)30)36-23(14)18-12-21-19(11-20(18)31)24(34)33(15(2)32-21)13-16-7-9-17(27)10-8-16;9-7-8-4-2-1-3-6(8)5-10-7/h6-12,35H,4-5,13,31H2,1-3H3;6H,1-5H2. The number of rotatable bonds is 4. The van der Waals surface area contributed by atoms with Crippen LogP contribution in [0.15, 0.2) is 57.7 Å². The van der Waals surface area contributed by atoms with E-state index in [9.17, 15) is 27.9 Å². The second-order valence-corrected chi connectivity index (χ2v) is 13.4. The van der Waals surface area contributed by atoms with Gasteiger partial charge in [0.15, 0.2) is 5.60 Å². The monoisotopic (exact) mass is 676 g/mol. The van der Waals surface area contributed by atoms with Gasteiger partial charge in [-0.25, -0.2) is 9.78 Å². The minimum absolute atomic E-state index is 0.107. The first kappa shape index (κ1) is 33.9. The van der Waals surface area contributed by atoms with E-state index >= 15 is 0 Å². The number of aromatic nitrogens is 2. The average Bonchev–Trinajstić information content (AvgIpc) is 3.26. The van der Waals surface area contributed by atoms with E-state index in [0.29, 0.717) is 64.3 Å². The number of carbonyl (C=O) groups is 1. The number of allylic oxidation sites excluding steroid dienone is 2. The molecule has 1 aromatic heterocycles. The zero-order valence-corrected chi connectivity index (χ0v) is 27.4. The smallest absolute Gasteiger partial charge is 0.421 e. The third-order valence-corrected chi connectivity index (χ3v) is 10.4. The fourth-order valence-corrected chi connectivity index (χ4v) is 7.13. The number of cyclic esters (lactones) is 1. The van der Waals surface area contributed by atoms with E-state index < -0.39 is 11.8 Å². The van der Waals surface area contributed by atoms with E-state index in [1.165, 1.54) is 23.1 Å². The van der Waals surface area contributed by atoms with Crippen molar-refractivity contribution in [1.82, 2.24) is 14.5 Å². The van der Waals surface area contributed by atoms with Gasteiger partial charge in [0.25, 0.3) is 5.56 Å². The summed E-state index contributed by atoms with van der Waals surface area (Å²) in [6, 6.07) is 10.7. The number of nitrogen functional groups attached to an aromatic ring is 1. The van der Waals surface area contributed by atoms with Crippen LogP contribution in [0.4, 0.5) is 23.7 Å². The molecular formula is C33H36ClF3N4O4S. The minimum Gasteiger partial charge on any atom is -0.447 e. The van der Waals surface area contributed by atoms with Crippen LogP contribution in [0.5, 0.6) is 0 Å². The Kier molecular flexibility index (Phi) is 9.81. The van der Waals surface area contributed by atoms with Crippen LogP contribution in [0.3, 0.4) is 0 Å². The first-order valence-corrected chi connectivity index (χ1v) is 16.2. The van der Waals surface area contributed by atoms with Crippen LogP contribution in [0, 0.1) is 6.92 Å². The van der Waals surface area contributed by atoms with Gasteiger partial charge in [0.1, 0.15) is 12.4 Å². The number of carbonyl (C=O) groups excluding carboxylic acids is 1. The summed E-state index contributed by atoms with van der Waals surface area (Å²) in [6.07, 6.45) is 0.859. The summed E-state index contributed by atoms with van der Waals surface area (Å²) in [4.78, 5) is 31.0. The summed E-state index contributed by atoms with van der Waals surface area (Å²) in [5.41, 5.74) is 5.93. The number of fused-ring (bicyclic) bond motifs is 2. The number of amides is 1. The number of nitrogens with two attached hydrogens (primary N) is 1. The topological polar surface area (TPSA) is 111 Å². The van der Waals surface area contributed by atoms with Gasteiger partial charge in [-0.05, 0) is 82.7 Å². The van der Waals surface area contributed by atoms with Gasteiger partial charge in [-0.2, -0.15) is 13.2 Å². The number of nitrogens with zero attached hydrogens (tertiary/aromatic N) is 3.